The molecule has 5 nitrogen and oxygen atoms in total. The van der Waals surface area contributed by atoms with Gasteiger partial charge in [0, 0.05) is 18.3 Å². The second-order valence-corrected chi connectivity index (χ2v) is 5.24. The number of hydrogen-bond donors (Lipinski definition) is 2. The first-order chi connectivity index (χ1) is 8.16. The zero-order valence-electron chi connectivity index (χ0n) is 10.1. The van der Waals surface area contributed by atoms with Gasteiger partial charge in [-0.25, -0.2) is 0 Å². The van der Waals surface area contributed by atoms with E-state index in [1.54, 1.807) is 0 Å². The molecule has 0 spiro atoms. The van der Waals surface area contributed by atoms with E-state index in [1.165, 1.54) is 12.8 Å². The molecule has 1 amide bonds. The van der Waals surface area contributed by atoms with Crippen molar-refractivity contribution < 1.29 is 4.79 Å². The smallest absolute Gasteiger partial charge is 0.259 e. The monoisotopic (exact) mass is 234 g/mol. The second-order valence-electron chi connectivity index (χ2n) is 5.24. The van der Waals surface area contributed by atoms with E-state index in [-0.39, 0.29) is 5.91 Å². The van der Waals surface area contributed by atoms with Gasteiger partial charge in [0.15, 0.2) is 5.82 Å². The molecule has 17 heavy (non-hydrogen) atoms. The number of nitrogen functional groups attached to an aromatic ring is 1. The molecule has 1 aromatic rings. The number of hydrogen-bond acceptors (Lipinski definition) is 3. The van der Waals surface area contributed by atoms with Crippen LogP contribution in [0.2, 0.25) is 0 Å². The largest absolute Gasteiger partial charge is 0.382 e. The van der Waals surface area contributed by atoms with Crippen LogP contribution in [0, 0.1) is 12.8 Å². The van der Waals surface area contributed by atoms with Crippen molar-refractivity contribution in [2.24, 2.45) is 5.92 Å². The molecule has 0 aromatic carbocycles. The predicted octanol–water partition coefficient (Wildman–Crippen LogP) is 1.31. The van der Waals surface area contributed by atoms with Crippen molar-refractivity contribution in [3.8, 4) is 0 Å². The number of aromatic nitrogens is 2. The minimum atomic E-state index is 0.0585. The third-order valence-electron chi connectivity index (χ3n) is 3.59. The highest BCUT2D eigenvalue weighted by Crippen LogP contribution is 2.36. The highest BCUT2D eigenvalue weighted by atomic mass is 16.2. The molecule has 2 aliphatic carbocycles. The summed E-state index contributed by atoms with van der Waals surface area (Å²) in [6.07, 6.45) is 4.79. The van der Waals surface area contributed by atoms with Crippen LogP contribution in [0.3, 0.4) is 0 Å². The van der Waals surface area contributed by atoms with Gasteiger partial charge >= 0.3 is 0 Å². The Hall–Kier alpha value is -1.52. The molecule has 0 unspecified atom stereocenters. The van der Waals surface area contributed by atoms with Crippen molar-refractivity contribution in [3.63, 3.8) is 0 Å². The molecule has 5 heteroatoms. The highest BCUT2D eigenvalue weighted by molar-refractivity contribution is 5.99. The molecule has 2 fully saturated rings. The molecule has 1 aromatic heterocycles. The number of anilines is 1. The Morgan fingerprint density at radius 2 is 2.18 bits per heavy atom. The number of rotatable bonds is 4. The highest BCUT2D eigenvalue weighted by Gasteiger charge is 2.38. The van der Waals surface area contributed by atoms with Crippen LogP contribution in [0.15, 0.2) is 0 Å². The maximum atomic E-state index is 12.5. The summed E-state index contributed by atoms with van der Waals surface area (Å²) in [6, 6.07) is 0.441. The quantitative estimate of drug-likeness (QED) is 0.825. The third-order valence-corrected chi connectivity index (χ3v) is 3.59. The Kier molecular flexibility index (Phi) is 2.34. The van der Waals surface area contributed by atoms with Crippen LogP contribution in [0.1, 0.15) is 41.7 Å². The van der Waals surface area contributed by atoms with Crippen molar-refractivity contribution in [3.05, 3.63) is 11.3 Å². The van der Waals surface area contributed by atoms with E-state index >= 15 is 0 Å². The van der Waals surface area contributed by atoms with E-state index in [9.17, 15) is 4.79 Å². The SMILES string of the molecule is Cc1[nH]nc(N)c1C(=O)N(CC1CC1)C1CC1. The molecule has 92 valence electrons. The first kappa shape index (κ1) is 10.6. The lowest BCUT2D eigenvalue weighted by Crippen LogP contribution is -2.35. The van der Waals surface area contributed by atoms with Crippen molar-refractivity contribution in [2.75, 3.05) is 12.3 Å². The Balaban J connectivity index is 1.82. The molecule has 0 radical (unpaired) electrons. The van der Waals surface area contributed by atoms with Crippen LogP contribution in [-0.4, -0.2) is 33.6 Å². The maximum Gasteiger partial charge on any atom is 0.259 e. The van der Waals surface area contributed by atoms with E-state index in [0.717, 1.165) is 25.1 Å². The topological polar surface area (TPSA) is 75.0 Å². The molecule has 0 atom stereocenters. The van der Waals surface area contributed by atoms with Crippen LogP contribution >= 0.6 is 0 Å². The van der Waals surface area contributed by atoms with Gasteiger partial charge in [-0.1, -0.05) is 0 Å². The average Bonchev–Trinajstić information content (AvgIpc) is 3.16. The van der Waals surface area contributed by atoms with Crippen LogP contribution in [0.25, 0.3) is 0 Å². The number of H-pyrrole nitrogens is 1. The number of aryl methyl sites for hydroxylation is 1. The first-order valence-electron chi connectivity index (χ1n) is 6.28. The minimum Gasteiger partial charge on any atom is -0.382 e. The Bertz CT molecular complexity index is 426. The lowest BCUT2D eigenvalue weighted by atomic mass is 10.2. The molecule has 2 saturated carbocycles. The fraction of sp³-hybridized carbons (Fsp3) is 0.667. The van der Waals surface area contributed by atoms with Gasteiger partial charge in [0.2, 0.25) is 0 Å². The molecule has 0 saturated heterocycles. The number of nitrogens with two attached hydrogens (primary N) is 1. The van der Waals surface area contributed by atoms with Crippen molar-refractivity contribution in [1.82, 2.24) is 15.1 Å². The standard InChI is InChI=1S/C12H18N4O/c1-7-10(11(13)15-14-7)12(17)16(9-4-5-9)6-8-2-3-8/h8-9H,2-6H2,1H3,(H3,13,14,15). The molecular weight excluding hydrogens is 216 g/mol. The van der Waals surface area contributed by atoms with Crippen molar-refractivity contribution in [1.29, 1.82) is 0 Å². The fourth-order valence-corrected chi connectivity index (χ4v) is 2.22. The number of amides is 1. The normalized spacial score (nSPS) is 19.4. The van der Waals surface area contributed by atoms with Gasteiger partial charge in [0.1, 0.15) is 5.56 Å². The van der Waals surface area contributed by atoms with Gasteiger partial charge in [0.25, 0.3) is 5.91 Å². The van der Waals surface area contributed by atoms with Gasteiger partial charge in [-0.05, 0) is 38.5 Å². The fourth-order valence-electron chi connectivity index (χ4n) is 2.22. The molecular formula is C12H18N4O. The second kappa shape index (κ2) is 3.75. The van der Waals surface area contributed by atoms with Crippen LogP contribution < -0.4 is 5.73 Å². The van der Waals surface area contributed by atoms with Gasteiger partial charge < -0.3 is 10.6 Å². The summed E-state index contributed by atoms with van der Waals surface area (Å²) in [6.45, 7) is 2.74. The summed E-state index contributed by atoms with van der Waals surface area (Å²) in [5, 5.41) is 6.68. The zero-order valence-corrected chi connectivity index (χ0v) is 10.1. The Morgan fingerprint density at radius 3 is 2.65 bits per heavy atom. The van der Waals surface area contributed by atoms with E-state index in [4.69, 9.17) is 5.73 Å². The van der Waals surface area contributed by atoms with Crippen LogP contribution in [-0.2, 0) is 0 Å². The summed E-state index contributed by atoms with van der Waals surface area (Å²) in [5.74, 6) is 1.10. The zero-order chi connectivity index (χ0) is 12.0. The molecule has 0 aliphatic heterocycles. The summed E-state index contributed by atoms with van der Waals surface area (Å²) in [5.41, 5.74) is 7.10. The average molecular weight is 234 g/mol. The molecule has 3 N–H and O–H groups in total. The van der Waals surface area contributed by atoms with Gasteiger partial charge in [-0.2, -0.15) is 5.10 Å². The Labute approximate surface area is 100 Å². The van der Waals surface area contributed by atoms with Gasteiger partial charge in [-0.15, -0.1) is 0 Å². The van der Waals surface area contributed by atoms with E-state index < -0.39 is 0 Å². The lowest BCUT2D eigenvalue weighted by molar-refractivity contribution is 0.0735. The molecule has 1 heterocycles. The van der Waals surface area contributed by atoms with Crippen molar-refractivity contribution >= 4 is 11.7 Å². The molecule has 3 rings (SSSR count). The number of nitrogens with one attached hydrogen (secondary N) is 1. The van der Waals surface area contributed by atoms with Crippen LogP contribution in [0.4, 0.5) is 5.82 Å². The van der Waals surface area contributed by atoms with Crippen molar-refractivity contribution in [2.45, 2.75) is 38.6 Å². The number of carbonyl (C=O) groups excluding carboxylic acids is 1. The number of carbonyl (C=O) groups is 1. The summed E-state index contributed by atoms with van der Waals surface area (Å²) >= 11 is 0. The van der Waals surface area contributed by atoms with Gasteiger partial charge in [0.05, 0.1) is 0 Å². The van der Waals surface area contributed by atoms with E-state index in [2.05, 4.69) is 10.2 Å². The van der Waals surface area contributed by atoms with E-state index in [1.807, 2.05) is 11.8 Å². The maximum absolute atomic E-state index is 12.5. The first-order valence-corrected chi connectivity index (χ1v) is 6.28. The molecule has 2 aliphatic rings. The lowest BCUT2D eigenvalue weighted by Gasteiger charge is -2.22. The van der Waals surface area contributed by atoms with E-state index in [0.29, 0.717) is 23.3 Å². The minimum absolute atomic E-state index is 0.0585. The summed E-state index contributed by atoms with van der Waals surface area (Å²) < 4.78 is 0. The summed E-state index contributed by atoms with van der Waals surface area (Å²) in [4.78, 5) is 14.5. The third kappa shape index (κ3) is 2.01. The van der Waals surface area contributed by atoms with Gasteiger partial charge in [-0.3, -0.25) is 9.89 Å². The summed E-state index contributed by atoms with van der Waals surface area (Å²) in [7, 11) is 0. The predicted molar refractivity (Wildman–Crippen MR) is 64.5 cm³/mol. The van der Waals surface area contributed by atoms with Crippen LogP contribution in [0.5, 0.6) is 0 Å². The number of aromatic amines is 1. The number of nitrogens with zero attached hydrogens (tertiary/aromatic N) is 2. The Morgan fingerprint density at radius 1 is 1.47 bits per heavy atom. The molecule has 0 bridgehead atoms.